The van der Waals surface area contributed by atoms with Gasteiger partial charge in [0.2, 0.25) is 5.91 Å². The molecule has 2 atom stereocenters. The number of nitro groups is 1. The highest BCUT2D eigenvalue weighted by Gasteiger charge is 2.15. The molecule has 1 amide bonds. The third-order valence-corrected chi connectivity index (χ3v) is 4.60. The molecule has 0 fully saturated rings. The lowest BCUT2D eigenvalue weighted by Crippen LogP contribution is -2.37. The first-order valence-corrected chi connectivity index (χ1v) is 8.01. The molecule has 21 heavy (non-hydrogen) atoms. The van der Waals surface area contributed by atoms with Crippen LogP contribution in [-0.2, 0) is 4.79 Å². The average Bonchev–Trinajstić information content (AvgIpc) is 2.44. The number of hydrogen-bond acceptors (Lipinski definition) is 4. The molecule has 116 valence electrons. The van der Waals surface area contributed by atoms with Crippen molar-refractivity contribution in [2.45, 2.75) is 39.0 Å². The van der Waals surface area contributed by atoms with Crippen molar-refractivity contribution in [3.8, 4) is 0 Å². The monoisotopic (exact) mass is 310 g/mol. The molecule has 1 N–H and O–H groups in total. The van der Waals surface area contributed by atoms with Gasteiger partial charge in [0, 0.05) is 23.4 Å². The number of rotatable bonds is 7. The van der Waals surface area contributed by atoms with E-state index in [0.717, 1.165) is 5.56 Å². The van der Waals surface area contributed by atoms with Crippen LogP contribution < -0.4 is 5.32 Å². The van der Waals surface area contributed by atoms with Crippen molar-refractivity contribution in [2.24, 2.45) is 5.92 Å². The predicted molar refractivity (Wildman–Crippen MR) is 86.4 cm³/mol. The van der Waals surface area contributed by atoms with Gasteiger partial charge in [0.05, 0.1) is 10.7 Å². The normalized spacial score (nSPS) is 13.8. The second-order valence-corrected chi connectivity index (χ2v) is 6.73. The van der Waals surface area contributed by atoms with E-state index in [2.05, 4.69) is 19.2 Å². The number of non-ortho nitro benzene ring substituents is 1. The smallest absolute Gasteiger partial charge is 0.269 e. The van der Waals surface area contributed by atoms with Crippen LogP contribution in [0, 0.1) is 16.0 Å². The number of nitrogens with zero attached hydrogens (tertiary/aromatic N) is 1. The fraction of sp³-hybridized carbons (Fsp3) is 0.533. The van der Waals surface area contributed by atoms with Crippen molar-refractivity contribution < 1.29 is 9.72 Å². The van der Waals surface area contributed by atoms with Gasteiger partial charge in [-0.25, -0.2) is 0 Å². The fourth-order valence-electron chi connectivity index (χ4n) is 1.65. The van der Waals surface area contributed by atoms with E-state index < -0.39 is 4.92 Å². The highest BCUT2D eigenvalue weighted by molar-refractivity contribution is 8.00. The van der Waals surface area contributed by atoms with Crippen molar-refractivity contribution in [3.05, 3.63) is 39.9 Å². The standard InChI is InChI=1S/C15H22N2O3S/c1-10(2)11(3)16-15(18)9-21-12(4)13-6-5-7-14(8-13)17(19)20/h5-8,10-12H,9H2,1-4H3,(H,16,18)/t11-,12+/m1/s1. The first-order valence-electron chi connectivity index (χ1n) is 6.96. The van der Waals surface area contributed by atoms with Gasteiger partial charge in [0.15, 0.2) is 0 Å². The summed E-state index contributed by atoms with van der Waals surface area (Å²) in [6.07, 6.45) is 0. The summed E-state index contributed by atoms with van der Waals surface area (Å²) in [4.78, 5) is 22.2. The largest absolute Gasteiger partial charge is 0.353 e. The molecule has 0 heterocycles. The van der Waals surface area contributed by atoms with Crippen LogP contribution in [0.3, 0.4) is 0 Å². The summed E-state index contributed by atoms with van der Waals surface area (Å²) in [5, 5.41) is 13.7. The number of amides is 1. The first kappa shape index (κ1) is 17.5. The minimum atomic E-state index is -0.405. The maximum Gasteiger partial charge on any atom is 0.269 e. The van der Waals surface area contributed by atoms with Crippen molar-refractivity contribution in [1.82, 2.24) is 5.32 Å². The molecule has 0 saturated heterocycles. The molecule has 0 aliphatic carbocycles. The Hall–Kier alpha value is -1.56. The van der Waals surface area contributed by atoms with Crippen molar-refractivity contribution in [1.29, 1.82) is 0 Å². The van der Waals surface area contributed by atoms with Gasteiger partial charge in [-0.2, -0.15) is 0 Å². The molecule has 1 rings (SSSR count). The van der Waals surface area contributed by atoms with Gasteiger partial charge in [0.25, 0.3) is 5.69 Å². The lowest BCUT2D eigenvalue weighted by atomic mass is 10.1. The zero-order chi connectivity index (χ0) is 16.0. The molecule has 0 spiro atoms. The lowest BCUT2D eigenvalue weighted by Gasteiger charge is -2.18. The van der Waals surface area contributed by atoms with E-state index in [1.165, 1.54) is 17.8 Å². The van der Waals surface area contributed by atoms with E-state index in [9.17, 15) is 14.9 Å². The SMILES string of the molecule is CC(C)[C@@H](C)NC(=O)CS[C@@H](C)c1cccc([N+](=O)[O-])c1. The zero-order valence-corrected chi connectivity index (χ0v) is 13.6. The highest BCUT2D eigenvalue weighted by Crippen LogP contribution is 2.29. The van der Waals surface area contributed by atoms with E-state index in [4.69, 9.17) is 0 Å². The molecule has 6 heteroatoms. The average molecular weight is 310 g/mol. The number of carbonyl (C=O) groups is 1. The van der Waals surface area contributed by atoms with Crippen LogP contribution in [0.2, 0.25) is 0 Å². The molecule has 1 aromatic carbocycles. The van der Waals surface area contributed by atoms with Crippen LogP contribution in [0.1, 0.15) is 38.5 Å². The molecule has 0 aliphatic heterocycles. The summed E-state index contributed by atoms with van der Waals surface area (Å²) in [7, 11) is 0. The summed E-state index contributed by atoms with van der Waals surface area (Å²) in [6.45, 7) is 8.05. The second-order valence-electron chi connectivity index (χ2n) is 5.41. The molecular weight excluding hydrogens is 288 g/mol. The second kappa shape index (κ2) is 8.02. The van der Waals surface area contributed by atoms with E-state index in [0.29, 0.717) is 11.7 Å². The van der Waals surface area contributed by atoms with Crippen LogP contribution in [0.25, 0.3) is 0 Å². The molecule has 0 bridgehead atoms. The predicted octanol–water partition coefficient (Wildman–Crippen LogP) is 3.55. The zero-order valence-electron chi connectivity index (χ0n) is 12.8. The summed E-state index contributed by atoms with van der Waals surface area (Å²) >= 11 is 1.48. The summed E-state index contributed by atoms with van der Waals surface area (Å²) in [6, 6.07) is 6.70. The van der Waals surface area contributed by atoms with E-state index in [1.807, 2.05) is 19.9 Å². The number of carbonyl (C=O) groups excluding carboxylic acids is 1. The molecule has 5 nitrogen and oxygen atoms in total. The molecule has 0 aromatic heterocycles. The number of hydrogen-bond donors (Lipinski definition) is 1. The third-order valence-electron chi connectivity index (χ3n) is 3.40. The van der Waals surface area contributed by atoms with Crippen LogP contribution in [0.4, 0.5) is 5.69 Å². The Morgan fingerprint density at radius 1 is 1.33 bits per heavy atom. The van der Waals surface area contributed by atoms with E-state index in [-0.39, 0.29) is 22.9 Å². The highest BCUT2D eigenvalue weighted by atomic mass is 32.2. The van der Waals surface area contributed by atoms with Gasteiger partial charge in [0.1, 0.15) is 0 Å². The van der Waals surface area contributed by atoms with Gasteiger partial charge in [-0.3, -0.25) is 14.9 Å². The summed E-state index contributed by atoms with van der Waals surface area (Å²) in [5.41, 5.74) is 0.941. The van der Waals surface area contributed by atoms with E-state index >= 15 is 0 Å². The number of thioether (sulfide) groups is 1. The van der Waals surface area contributed by atoms with Crippen molar-refractivity contribution >= 4 is 23.4 Å². The molecule has 0 saturated carbocycles. The number of nitrogens with one attached hydrogen (secondary N) is 1. The maximum atomic E-state index is 11.8. The van der Waals surface area contributed by atoms with Gasteiger partial charge >= 0.3 is 0 Å². The third kappa shape index (κ3) is 5.75. The Bertz CT molecular complexity index is 505. The topological polar surface area (TPSA) is 72.2 Å². The fourth-order valence-corrected chi connectivity index (χ4v) is 2.47. The maximum absolute atomic E-state index is 11.8. The van der Waals surface area contributed by atoms with Crippen LogP contribution in [0.15, 0.2) is 24.3 Å². The first-order chi connectivity index (χ1) is 9.81. The van der Waals surface area contributed by atoms with Gasteiger partial charge < -0.3 is 5.32 Å². The summed E-state index contributed by atoms with van der Waals surface area (Å²) in [5.74, 6) is 0.743. The Morgan fingerprint density at radius 2 is 2.00 bits per heavy atom. The van der Waals surface area contributed by atoms with Crippen molar-refractivity contribution in [2.75, 3.05) is 5.75 Å². The van der Waals surface area contributed by atoms with Crippen molar-refractivity contribution in [3.63, 3.8) is 0 Å². The van der Waals surface area contributed by atoms with Crippen LogP contribution in [0.5, 0.6) is 0 Å². The number of benzene rings is 1. The quantitative estimate of drug-likeness (QED) is 0.617. The summed E-state index contributed by atoms with van der Waals surface area (Å²) < 4.78 is 0. The molecule has 1 aromatic rings. The van der Waals surface area contributed by atoms with Crippen LogP contribution >= 0.6 is 11.8 Å². The minimum absolute atomic E-state index is 0.00141. The van der Waals surface area contributed by atoms with Gasteiger partial charge in [-0.05, 0) is 25.3 Å². The van der Waals surface area contributed by atoms with Gasteiger partial charge in [-0.1, -0.05) is 26.0 Å². The lowest BCUT2D eigenvalue weighted by molar-refractivity contribution is -0.384. The molecule has 0 unspecified atom stereocenters. The van der Waals surface area contributed by atoms with E-state index in [1.54, 1.807) is 12.1 Å². The molecule has 0 aliphatic rings. The Morgan fingerprint density at radius 3 is 2.57 bits per heavy atom. The number of nitro benzene ring substituents is 1. The Balaban J connectivity index is 2.54. The Labute approximate surface area is 129 Å². The minimum Gasteiger partial charge on any atom is -0.353 e. The molecular formula is C15H22N2O3S. The van der Waals surface area contributed by atoms with Gasteiger partial charge in [-0.15, -0.1) is 11.8 Å². The van der Waals surface area contributed by atoms with Crippen LogP contribution in [-0.4, -0.2) is 22.6 Å². The molecule has 0 radical (unpaired) electrons. The Kier molecular flexibility index (Phi) is 6.68.